The first-order valence-electron chi connectivity index (χ1n) is 6.57. The van der Waals surface area contributed by atoms with Crippen molar-refractivity contribution < 1.29 is 18.3 Å². The molecule has 2 N–H and O–H groups in total. The molecule has 0 aromatic heterocycles. The molecule has 2 aromatic rings. The van der Waals surface area contributed by atoms with Crippen LogP contribution in [0.3, 0.4) is 0 Å². The first kappa shape index (κ1) is 13.9. The van der Waals surface area contributed by atoms with Crippen LogP contribution in [0.25, 0.3) is 0 Å². The molecule has 0 amide bonds. The van der Waals surface area contributed by atoms with Crippen molar-refractivity contribution in [1.29, 1.82) is 0 Å². The van der Waals surface area contributed by atoms with E-state index in [0.29, 0.717) is 17.9 Å². The minimum Gasteiger partial charge on any atom is -0.493 e. The summed E-state index contributed by atoms with van der Waals surface area (Å²) < 4.78 is 32.7. The smallest absolute Gasteiger partial charge is 0.261 e. The Bertz CT molecular complexity index is 771. The third-order valence-corrected chi connectivity index (χ3v) is 4.71. The lowest BCUT2D eigenvalue weighted by Crippen LogP contribution is -2.13. The molecule has 0 saturated heterocycles. The van der Waals surface area contributed by atoms with Gasteiger partial charge in [0.15, 0.2) is 0 Å². The maximum Gasteiger partial charge on any atom is 0.261 e. The van der Waals surface area contributed by atoms with E-state index in [-0.39, 0.29) is 11.5 Å². The third kappa shape index (κ3) is 2.86. The van der Waals surface area contributed by atoms with Gasteiger partial charge in [-0.2, -0.15) is 0 Å². The van der Waals surface area contributed by atoms with Crippen molar-refractivity contribution in [2.24, 2.45) is 0 Å². The van der Waals surface area contributed by atoms with E-state index in [0.717, 1.165) is 17.7 Å². The fraction of sp³-hybridized carbons (Fsp3) is 0.200. The molecule has 1 heterocycles. The maximum atomic E-state index is 12.4. The summed E-state index contributed by atoms with van der Waals surface area (Å²) in [6.07, 6.45) is 0.721. The van der Waals surface area contributed by atoms with Gasteiger partial charge in [-0.1, -0.05) is 12.1 Å². The van der Waals surface area contributed by atoms with E-state index in [4.69, 9.17) is 9.84 Å². The Labute approximate surface area is 123 Å². The lowest BCUT2D eigenvalue weighted by atomic mass is 10.2. The quantitative estimate of drug-likeness (QED) is 0.905. The van der Waals surface area contributed by atoms with E-state index >= 15 is 0 Å². The molecular formula is C15H15NO4S. The van der Waals surface area contributed by atoms with Crippen molar-refractivity contribution in [2.75, 3.05) is 11.3 Å². The number of fused-ring (bicyclic) bond motifs is 1. The van der Waals surface area contributed by atoms with Crippen molar-refractivity contribution in [1.82, 2.24) is 0 Å². The molecule has 0 bridgehead atoms. The summed E-state index contributed by atoms with van der Waals surface area (Å²) in [6, 6.07) is 11.5. The van der Waals surface area contributed by atoms with Crippen LogP contribution in [0.4, 0.5) is 5.69 Å². The van der Waals surface area contributed by atoms with Gasteiger partial charge in [0.1, 0.15) is 5.75 Å². The van der Waals surface area contributed by atoms with E-state index in [1.54, 1.807) is 36.4 Å². The van der Waals surface area contributed by atoms with Gasteiger partial charge in [-0.05, 0) is 41.5 Å². The van der Waals surface area contributed by atoms with Crippen LogP contribution in [-0.2, 0) is 23.1 Å². The van der Waals surface area contributed by atoms with E-state index < -0.39 is 10.0 Å². The van der Waals surface area contributed by atoms with Gasteiger partial charge in [-0.15, -0.1) is 0 Å². The summed E-state index contributed by atoms with van der Waals surface area (Å²) >= 11 is 0. The summed E-state index contributed by atoms with van der Waals surface area (Å²) in [5.74, 6) is 0.747. The number of sulfonamides is 1. The van der Waals surface area contributed by atoms with Crippen LogP contribution in [-0.4, -0.2) is 20.1 Å². The number of aliphatic hydroxyl groups excluding tert-OH is 1. The zero-order valence-corrected chi connectivity index (χ0v) is 12.1. The number of benzene rings is 2. The SMILES string of the molecule is O=S(=O)(Nc1cccc(CO)c1)c1ccc2c(c1)CCO2. The van der Waals surface area contributed by atoms with E-state index in [9.17, 15) is 8.42 Å². The number of hydrogen-bond donors (Lipinski definition) is 2. The van der Waals surface area contributed by atoms with Crippen LogP contribution in [0.5, 0.6) is 5.75 Å². The van der Waals surface area contributed by atoms with Crippen LogP contribution in [0.2, 0.25) is 0 Å². The van der Waals surface area contributed by atoms with Gasteiger partial charge in [-0.3, -0.25) is 4.72 Å². The molecule has 2 aromatic carbocycles. The van der Waals surface area contributed by atoms with Crippen LogP contribution in [0.15, 0.2) is 47.4 Å². The van der Waals surface area contributed by atoms with Crippen molar-refractivity contribution in [3.63, 3.8) is 0 Å². The average molecular weight is 305 g/mol. The molecule has 1 aliphatic heterocycles. The molecule has 0 atom stereocenters. The predicted molar refractivity (Wildman–Crippen MR) is 78.8 cm³/mol. The van der Waals surface area contributed by atoms with Gasteiger partial charge in [-0.25, -0.2) is 8.42 Å². The molecule has 0 aliphatic carbocycles. The Morgan fingerprint density at radius 3 is 2.86 bits per heavy atom. The predicted octanol–water partition coefficient (Wildman–Crippen LogP) is 1.91. The molecule has 5 nitrogen and oxygen atoms in total. The Balaban J connectivity index is 1.89. The Morgan fingerprint density at radius 2 is 2.05 bits per heavy atom. The van der Waals surface area contributed by atoms with Crippen molar-refractivity contribution in [3.05, 3.63) is 53.6 Å². The highest BCUT2D eigenvalue weighted by Gasteiger charge is 2.19. The lowest BCUT2D eigenvalue weighted by molar-refractivity contribution is 0.282. The highest BCUT2D eigenvalue weighted by molar-refractivity contribution is 7.92. The zero-order chi connectivity index (χ0) is 14.9. The number of aliphatic hydroxyl groups is 1. The molecule has 1 aliphatic rings. The lowest BCUT2D eigenvalue weighted by Gasteiger charge is -2.10. The number of hydrogen-bond acceptors (Lipinski definition) is 4. The van der Waals surface area contributed by atoms with Gasteiger partial charge in [0, 0.05) is 12.1 Å². The molecular weight excluding hydrogens is 290 g/mol. The summed E-state index contributed by atoms with van der Waals surface area (Å²) in [7, 11) is -3.65. The third-order valence-electron chi connectivity index (χ3n) is 3.33. The first-order valence-corrected chi connectivity index (χ1v) is 8.05. The number of rotatable bonds is 4. The summed E-state index contributed by atoms with van der Waals surface area (Å²) in [6.45, 7) is 0.455. The highest BCUT2D eigenvalue weighted by atomic mass is 32.2. The fourth-order valence-electron chi connectivity index (χ4n) is 2.28. The zero-order valence-electron chi connectivity index (χ0n) is 11.2. The van der Waals surface area contributed by atoms with Gasteiger partial charge in [0.05, 0.1) is 18.1 Å². The molecule has 0 unspecified atom stereocenters. The minimum absolute atomic E-state index is 0.133. The molecule has 0 spiro atoms. The maximum absolute atomic E-state index is 12.4. The van der Waals surface area contributed by atoms with Crippen LogP contribution >= 0.6 is 0 Å². The number of anilines is 1. The second-order valence-electron chi connectivity index (χ2n) is 4.83. The van der Waals surface area contributed by atoms with Gasteiger partial charge in [0.2, 0.25) is 0 Å². The van der Waals surface area contributed by atoms with E-state index in [1.165, 1.54) is 6.07 Å². The summed E-state index contributed by atoms with van der Waals surface area (Å²) in [4.78, 5) is 0.209. The second-order valence-corrected chi connectivity index (χ2v) is 6.51. The number of nitrogens with one attached hydrogen (secondary N) is 1. The molecule has 0 fully saturated rings. The highest BCUT2D eigenvalue weighted by Crippen LogP contribution is 2.28. The summed E-state index contributed by atoms with van der Waals surface area (Å²) in [5, 5.41) is 9.09. The fourth-order valence-corrected chi connectivity index (χ4v) is 3.38. The number of ether oxygens (including phenoxy) is 1. The summed E-state index contributed by atoms with van der Waals surface area (Å²) in [5.41, 5.74) is 1.98. The minimum atomic E-state index is -3.65. The van der Waals surface area contributed by atoms with Crippen molar-refractivity contribution >= 4 is 15.7 Å². The standard InChI is InChI=1S/C15H15NO4S/c17-10-11-2-1-3-13(8-11)16-21(18,19)14-4-5-15-12(9-14)6-7-20-15/h1-5,8-9,16-17H,6-7,10H2. The first-order chi connectivity index (χ1) is 10.1. The van der Waals surface area contributed by atoms with Gasteiger partial charge < -0.3 is 9.84 Å². The van der Waals surface area contributed by atoms with Crippen LogP contribution < -0.4 is 9.46 Å². The van der Waals surface area contributed by atoms with Crippen molar-refractivity contribution in [2.45, 2.75) is 17.9 Å². The van der Waals surface area contributed by atoms with Crippen molar-refractivity contribution in [3.8, 4) is 5.75 Å². The van der Waals surface area contributed by atoms with E-state index in [1.807, 2.05) is 0 Å². The molecule has 110 valence electrons. The molecule has 3 rings (SSSR count). The van der Waals surface area contributed by atoms with Crippen LogP contribution in [0, 0.1) is 0 Å². The largest absolute Gasteiger partial charge is 0.493 e. The Kier molecular flexibility index (Phi) is 3.57. The van der Waals surface area contributed by atoms with Crippen LogP contribution in [0.1, 0.15) is 11.1 Å². The monoisotopic (exact) mass is 305 g/mol. The Hall–Kier alpha value is -2.05. The average Bonchev–Trinajstić information content (AvgIpc) is 2.94. The normalized spacial score (nSPS) is 13.6. The molecule has 6 heteroatoms. The second kappa shape index (κ2) is 5.38. The Morgan fingerprint density at radius 1 is 1.19 bits per heavy atom. The molecule has 21 heavy (non-hydrogen) atoms. The molecule has 0 radical (unpaired) electrons. The van der Waals surface area contributed by atoms with Gasteiger partial charge >= 0.3 is 0 Å². The van der Waals surface area contributed by atoms with E-state index in [2.05, 4.69) is 4.72 Å². The van der Waals surface area contributed by atoms with Gasteiger partial charge in [0.25, 0.3) is 10.0 Å². The topological polar surface area (TPSA) is 75.6 Å². The molecule has 0 saturated carbocycles.